The molecule has 8 nitrogen and oxygen atoms in total. The van der Waals surface area contributed by atoms with E-state index in [2.05, 4.69) is 25.3 Å². The van der Waals surface area contributed by atoms with Crippen LogP contribution < -0.4 is 5.32 Å². The second kappa shape index (κ2) is 8.35. The van der Waals surface area contributed by atoms with E-state index in [9.17, 15) is 4.79 Å². The Morgan fingerprint density at radius 1 is 1.14 bits per heavy atom. The third-order valence-corrected chi connectivity index (χ3v) is 4.75. The Hall–Kier alpha value is -3.00. The maximum absolute atomic E-state index is 12.5. The molecule has 0 radical (unpaired) electrons. The van der Waals surface area contributed by atoms with Crippen molar-refractivity contribution in [3.05, 3.63) is 53.5 Å². The molecule has 1 aliphatic rings. The largest absolute Gasteiger partial charge is 0.431 e. The summed E-state index contributed by atoms with van der Waals surface area (Å²) >= 11 is 0. The van der Waals surface area contributed by atoms with Crippen molar-refractivity contribution in [1.29, 1.82) is 0 Å². The number of rotatable bonds is 6. The fraction of sp³-hybridized carbons (Fsp3) is 0.400. The standard InChI is InChI=1S/C20H23N5O3/c1-14-18(27-20(22-14)15-8-4-2-5-9-15)19(26)21-12-17-23-16(24-28-17)13-25-10-6-3-7-11-25/h2,4-5,8-9H,3,6-7,10-13H2,1H3,(H,21,26). The van der Waals surface area contributed by atoms with Crippen LogP contribution in [0.3, 0.4) is 0 Å². The summed E-state index contributed by atoms with van der Waals surface area (Å²) in [4.78, 5) is 23.5. The maximum atomic E-state index is 12.5. The van der Waals surface area contributed by atoms with Gasteiger partial charge in [-0.05, 0) is 45.0 Å². The lowest BCUT2D eigenvalue weighted by Crippen LogP contribution is -2.29. The first-order chi connectivity index (χ1) is 13.7. The lowest BCUT2D eigenvalue weighted by atomic mass is 10.1. The summed E-state index contributed by atoms with van der Waals surface area (Å²) < 4.78 is 10.9. The summed E-state index contributed by atoms with van der Waals surface area (Å²) in [5.41, 5.74) is 1.36. The highest BCUT2D eigenvalue weighted by molar-refractivity contribution is 5.92. The van der Waals surface area contributed by atoms with Crippen molar-refractivity contribution in [3.8, 4) is 11.5 Å². The Balaban J connectivity index is 1.35. The number of hydrogen-bond acceptors (Lipinski definition) is 7. The fourth-order valence-electron chi connectivity index (χ4n) is 3.29. The van der Waals surface area contributed by atoms with Crippen molar-refractivity contribution in [1.82, 2.24) is 25.3 Å². The normalized spacial score (nSPS) is 14.9. The van der Waals surface area contributed by atoms with Crippen LogP contribution in [0.1, 0.15) is 47.2 Å². The molecule has 0 atom stereocenters. The van der Waals surface area contributed by atoms with Gasteiger partial charge in [-0.3, -0.25) is 9.69 Å². The molecule has 3 heterocycles. The SMILES string of the molecule is Cc1nc(-c2ccccc2)oc1C(=O)NCc1nc(CN2CCCCC2)no1. The highest BCUT2D eigenvalue weighted by atomic mass is 16.5. The van der Waals surface area contributed by atoms with Crippen LogP contribution in [0.25, 0.3) is 11.5 Å². The Labute approximate surface area is 162 Å². The molecule has 28 heavy (non-hydrogen) atoms. The molecule has 3 aromatic rings. The van der Waals surface area contributed by atoms with Crippen molar-refractivity contribution in [2.45, 2.75) is 39.3 Å². The van der Waals surface area contributed by atoms with Gasteiger partial charge < -0.3 is 14.3 Å². The molecular formula is C20H23N5O3. The van der Waals surface area contributed by atoms with Crippen LogP contribution in [0.2, 0.25) is 0 Å². The van der Waals surface area contributed by atoms with E-state index in [0.717, 1.165) is 18.7 Å². The first-order valence-electron chi connectivity index (χ1n) is 9.54. The highest BCUT2D eigenvalue weighted by Crippen LogP contribution is 2.21. The third kappa shape index (κ3) is 4.28. The third-order valence-electron chi connectivity index (χ3n) is 4.75. The zero-order chi connectivity index (χ0) is 19.3. The average Bonchev–Trinajstić information content (AvgIpc) is 3.34. The van der Waals surface area contributed by atoms with Crippen LogP contribution in [0.15, 0.2) is 39.3 Å². The number of oxazole rings is 1. The Morgan fingerprint density at radius 2 is 1.93 bits per heavy atom. The van der Waals surface area contributed by atoms with Crippen LogP contribution in [0, 0.1) is 6.92 Å². The monoisotopic (exact) mass is 381 g/mol. The zero-order valence-corrected chi connectivity index (χ0v) is 15.9. The Morgan fingerprint density at radius 3 is 2.71 bits per heavy atom. The molecule has 1 N–H and O–H groups in total. The number of piperidine rings is 1. The van der Waals surface area contributed by atoms with Crippen molar-refractivity contribution in [2.24, 2.45) is 0 Å². The second-order valence-corrected chi connectivity index (χ2v) is 6.92. The summed E-state index contributed by atoms with van der Waals surface area (Å²) in [7, 11) is 0. The molecule has 1 aliphatic heterocycles. The molecule has 0 bridgehead atoms. The summed E-state index contributed by atoms with van der Waals surface area (Å²) in [5, 5.41) is 6.76. The minimum absolute atomic E-state index is 0.145. The van der Waals surface area contributed by atoms with Gasteiger partial charge in [0.1, 0.15) is 0 Å². The number of amides is 1. The number of carbonyl (C=O) groups is 1. The molecule has 1 fully saturated rings. The molecule has 1 saturated heterocycles. The van der Waals surface area contributed by atoms with E-state index < -0.39 is 0 Å². The number of benzene rings is 1. The van der Waals surface area contributed by atoms with E-state index in [1.54, 1.807) is 6.92 Å². The number of aryl methyl sites for hydroxylation is 1. The highest BCUT2D eigenvalue weighted by Gasteiger charge is 2.19. The van der Waals surface area contributed by atoms with Crippen LogP contribution in [-0.2, 0) is 13.1 Å². The number of nitrogens with one attached hydrogen (secondary N) is 1. The molecule has 1 amide bonds. The molecular weight excluding hydrogens is 358 g/mol. The lowest BCUT2D eigenvalue weighted by molar-refractivity contribution is 0.0918. The summed E-state index contributed by atoms with van der Waals surface area (Å²) in [6.07, 6.45) is 3.71. The van der Waals surface area contributed by atoms with E-state index >= 15 is 0 Å². The first kappa shape index (κ1) is 18.4. The molecule has 0 aliphatic carbocycles. The maximum Gasteiger partial charge on any atom is 0.289 e. The van der Waals surface area contributed by atoms with E-state index in [-0.39, 0.29) is 18.2 Å². The molecule has 1 aromatic carbocycles. The second-order valence-electron chi connectivity index (χ2n) is 6.92. The van der Waals surface area contributed by atoms with Crippen LogP contribution >= 0.6 is 0 Å². The zero-order valence-electron chi connectivity index (χ0n) is 15.9. The molecule has 2 aromatic heterocycles. The van der Waals surface area contributed by atoms with Gasteiger partial charge in [0.15, 0.2) is 5.82 Å². The van der Waals surface area contributed by atoms with Gasteiger partial charge in [0.25, 0.3) is 5.91 Å². The van der Waals surface area contributed by atoms with Gasteiger partial charge in [-0.15, -0.1) is 0 Å². The van der Waals surface area contributed by atoms with Gasteiger partial charge in [0.05, 0.1) is 18.8 Å². The number of aromatic nitrogens is 3. The van der Waals surface area contributed by atoms with Gasteiger partial charge in [-0.2, -0.15) is 4.98 Å². The summed E-state index contributed by atoms with van der Waals surface area (Å²) in [5.74, 6) is 1.27. The molecule has 0 saturated carbocycles. The van der Waals surface area contributed by atoms with E-state index in [1.165, 1.54) is 19.3 Å². The van der Waals surface area contributed by atoms with Crippen LogP contribution in [-0.4, -0.2) is 39.0 Å². The molecule has 0 unspecified atom stereocenters. The van der Waals surface area contributed by atoms with E-state index in [4.69, 9.17) is 8.94 Å². The summed E-state index contributed by atoms with van der Waals surface area (Å²) in [6, 6.07) is 9.47. The molecule has 146 valence electrons. The van der Waals surface area contributed by atoms with Crippen molar-refractivity contribution < 1.29 is 13.7 Å². The van der Waals surface area contributed by atoms with Crippen LogP contribution in [0.5, 0.6) is 0 Å². The lowest BCUT2D eigenvalue weighted by Gasteiger charge is -2.24. The van der Waals surface area contributed by atoms with E-state index in [0.29, 0.717) is 29.8 Å². The molecule has 8 heteroatoms. The Bertz CT molecular complexity index is 928. The molecule has 4 rings (SSSR count). The van der Waals surface area contributed by atoms with Gasteiger partial charge in [-0.1, -0.05) is 29.8 Å². The van der Waals surface area contributed by atoms with Gasteiger partial charge >= 0.3 is 0 Å². The molecule has 0 spiro atoms. The number of hydrogen-bond donors (Lipinski definition) is 1. The average molecular weight is 381 g/mol. The number of nitrogens with zero attached hydrogens (tertiary/aromatic N) is 4. The van der Waals surface area contributed by atoms with Gasteiger partial charge in [0.2, 0.25) is 17.5 Å². The van der Waals surface area contributed by atoms with Crippen molar-refractivity contribution in [2.75, 3.05) is 13.1 Å². The predicted octanol–water partition coefficient (Wildman–Crippen LogP) is 2.95. The van der Waals surface area contributed by atoms with E-state index in [1.807, 2.05) is 30.3 Å². The predicted molar refractivity (Wildman–Crippen MR) is 101 cm³/mol. The quantitative estimate of drug-likeness (QED) is 0.701. The smallest absolute Gasteiger partial charge is 0.289 e. The Kier molecular flexibility index (Phi) is 5.48. The summed E-state index contributed by atoms with van der Waals surface area (Å²) in [6.45, 7) is 4.70. The minimum Gasteiger partial charge on any atom is -0.431 e. The van der Waals surface area contributed by atoms with Crippen LogP contribution in [0.4, 0.5) is 0 Å². The number of likely N-dealkylation sites (tertiary alicyclic amines) is 1. The van der Waals surface area contributed by atoms with Crippen molar-refractivity contribution in [3.63, 3.8) is 0 Å². The number of carbonyl (C=O) groups excluding carboxylic acids is 1. The van der Waals surface area contributed by atoms with Crippen molar-refractivity contribution >= 4 is 5.91 Å². The fourth-order valence-corrected chi connectivity index (χ4v) is 3.29. The first-order valence-corrected chi connectivity index (χ1v) is 9.54. The van der Waals surface area contributed by atoms with Gasteiger partial charge in [0, 0.05) is 5.56 Å². The minimum atomic E-state index is -0.358. The topological polar surface area (TPSA) is 97.3 Å². The van der Waals surface area contributed by atoms with Gasteiger partial charge in [-0.25, -0.2) is 4.98 Å².